The molecule has 0 spiro atoms. The van der Waals surface area contributed by atoms with Gasteiger partial charge in [0.2, 0.25) is 21.8 Å². The summed E-state index contributed by atoms with van der Waals surface area (Å²) in [5, 5.41) is 3.46. The van der Waals surface area contributed by atoms with Crippen LogP contribution in [0, 0.1) is 13.8 Å². The Morgan fingerprint density at radius 2 is 1.62 bits per heavy atom. The average molecular weight is 584 g/mol. The fourth-order valence-electron chi connectivity index (χ4n) is 4.52. The molecule has 40 heavy (non-hydrogen) atoms. The lowest BCUT2D eigenvalue weighted by Crippen LogP contribution is -2.53. The van der Waals surface area contributed by atoms with Crippen LogP contribution in [0.1, 0.15) is 42.0 Å². The molecule has 1 atom stereocenters. The molecule has 214 valence electrons. The molecule has 0 heterocycles. The van der Waals surface area contributed by atoms with Crippen molar-refractivity contribution in [1.82, 2.24) is 10.2 Å². The predicted octanol–water partition coefficient (Wildman–Crippen LogP) is 5.28. The second kappa shape index (κ2) is 14.3. The number of benzene rings is 3. The van der Waals surface area contributed by atoms with Crippen molar-refractivity contribution in [3.63, 3.8) is 0 Å². The summed E-state index contributed by atoms with van der Waals surface area (Å²) in [6.07, 6.45) is 3.08. The van der Waals surface area contributed by atoms with Gasteiger partial charge in [0, 0.05) is 24.5 Å². The molecule has 9 heteroatoms. The van der Waals surface area contributed by atoms with Crippen LogP contribution in [-0.2, 0) is 32.6 Å². The molecule has 3 aromatic rings. The number of carbonyl (C=O) groups is 2. The molecule has 0 aliphatic rings. The number of halogens is 1. The molecule has 3 aromatic carbocycles. The van der Waals surface area contributed by atoms with E-state index in [9.17, 15) is 18.0 Å². The molecule has 0 aromatic heterocycles. The minimum absolute atomic E-state index is 0.154. The molecule has 0 aliphatic carbocycles. The van der Waals surface area contributed by atoms with Crippen molar-refractivity contribution in [2.24, 2.45) is 0 Å². The minimum Gasteiger partial charge on any atom is -0.354 e. The normalized spacial score (nSPS) is 12.0. The van der Waals surface area contributed by atoms with Gasteiger partial charge in [0.1, 0.15) is 12.6 Å². The summed E-state index contributed by atoms with van der Waals surface area (Å²) in [6, 6.07) is 21.2. The Bertz CT molecular complexity index is 1410. The maximum Gasteiger partial charge on any atom is 0.244 e. The molecule has 0 saturated heterocycles. The highest BCUT2D eigenvalue weighted by atomic mass is 35.5. The molecule has 0 bridgehead atoms. The van der Waals surface area contributed by atoms with Crippen LogP contribution in [0.2, 0.25) is 5.02 Å². The van der Waals surface area contributed by atoms with Gasteiger partial charge in [0.05, 0.1) is 11.9 Å². The highest BCUT2D eigenvalue weighted by molar-refractivity contribution is 7.92. The van der Waals surface area contributed by atoms with Gasteiger partial charge in [-0.1, -0.05) is 79.5 Å². The zero-order valence-electron chi connectivity index (χ0n) is 23.6. The van der Waals surface area contributed by atoms with E-state index in [1.807, 2.05) is 68.4 Å². The summed E-state index contributed by atoms with van der Waals surface area (Å²) in [4.78, 5) is 29.3. The van der Waals surface area contributed by atoms with E-state index in [-0.39, 0.29) is 18.9 Å². The number of nitrogens with one attached hydrogen (secondary N) is 1. The third-order valence-electron chi connectivity index (χ3n) is 6.81. The number of unbranched alkanes of at least 4 members (excludes halogenated alkanes) is 1. The molecule has 0 saturated carbocycles. The highest BCUT2D eigenvalue weighted by Gasteiger charge is 2.33. The smallest absolute Gasteiger partial charge is 0.244 e. The first-order chi connectivity index (χ1) is 19.0. The standard InChI is InChI=1S/C31H38ClN3O4S/c1-5-6-18-33-31(37)29(20-25-13-8-7-9-14-25)34(21-26-15-11-10-12-23(26)2)30(36)22-35(40(4,38)39)28-17-16-27(32)19-24(28)3/h7-17,19,29H,5-6,18,20-22H2,1-4H3,(H,33,37)/t29-/m1/s1. The van der Waals surface area contributed by atoms with Gasteiger partial charge in [-0.15, -0.1) is 0 Å². The van der Waals surface area contributed by atoms with E-state index in [2.05, 4.69) is 5.32 Å². The molecule has 1 N–H and O–H groups in total. The molecule has 0 aliphatic heterocycles. The summed E-state index contributed by atoms with van der Waals surface area (Å²) in [7, 11) is -3.84. The Morgan fingerprint density at radius 3 is 2.25 bits per heavy atom. The molecule has 3 rings (SSSR count). The lowest BCUT2D eigenvalue weighted by Gasteiger charge is -2.34. The van der Waals surface area contributed by atoms with E-state index in [1.54, 1.807) is 25.1 Å². The van der Waals surface area contributed by atoms with Crippen LogP contribution in [0.4, 0.5) is 5.69 Å². The first kappa shape index (κ1) is 31.2. The lowest BCUT2D eigenvalue weighted by atomic mass is 10.0. The zero-order valence-corrected chi connectivity index (χ0v) is 25.1. The average Bonchev–Trinajstić information content (AvgIpc) is 2.90. The predicted molar refractivity (Wildman–Crippen MR) is 162 cm³/mol. The van der Waals surface area contributed by atoms with Crippen molar-refractivity contribution in [1.29, 1.82) is 0 Å². The fourth-order valence-corrected chi connectivity index (χ4v) is 5.66. The summed E-state index contributed by atoms with van der Waals surface area (Å²) in [5.74, 6) is -0.748. The number of aryl methyl sites for hydroxylation is 2. The second-order valence-electron chi connectivity index (χ2n) is 10.00. The summed E-state index contributed by atoms with van der Waals surface area (Å²) in [5.41, 5.74) is 3.73. The van der Waals surface area contributed by atoms with Crippen LogP contribution >= 0.6 is 11.6 Å². The molecule has 0 radical (unpaired) electrons. The Labute approximate surface area is 243 Å². The SMILES string of the molecule is CCCCNC(=O)[C@@H](Cc1ccccc1)N(Cc1ccccc1C)C(=O)CN(c1ccc(Cl)cc1C)S(C)(=O)=O. The van der Waals surface area contributed by atoms with Crippen molar-refractivity contribution in [2.45, 2.75) is 52.6 Å². The topological polar surface area (TPSA) is 86.8 Å². The zero-order chi connectivity index (χ0) is 29.3. The first-order valence-corrected chi connectivity index (χ1v) is 15.6. The number of rotatable bonds is 13. The maximum absolute atomic E-state index is 14.1. The second-order valence-corrected chi connectivity index (χ2v) is 12.3. The Morgan fingerprint density at radius 1 is 0.950 bits per heavy atom. The van der Waals surface area contributed by atoms with Crippen molar-refractivity contribution < 1.29 is 18.0 Å². The van der Waals surface area contributed by atoms with E-state index in [1.165, 1.54) is 4.90 Å². The van der Waals surface area contributed by atoms with E-state index >= 15 is 0 Å². The van der Waals surface area contributed by atoms with Crippen LogP contribution in [0.3, 0.4) is 0 Å². The van der Waals surface area contributed by atoms with E-state index in [0.29, 0.717) is 22.8 Å². The third-order valence-corrected chi connectivity index (χ3v) is 8.17. The van der Waals surface area contributed by atoms with Crippen LogP contribution in [-0.4, -0.2) is 50.5 Å². The van der Waals surface area contributed by atoms with Crippen molar-refractivity contribution >= 4 is 39.1 Å². The Kier molecular flexibility index (Phi) is 11.2. The van der Waals surface area contributed by atoms with Gasteiger partial charge >= 0.3 is 0 Å². The lowest BCUT2D eigenvalue weighted by molar-refractivity contribution is -0.140. The number of hydrogen-bond acceptors (Lipinski definition) is 4. The number of hydrogen-bond donors (Lipinski definition) is 1. The number of carbonyl (C=O) groups excluding carboxylic acids is 2. The van der Waals surface area contributed by atoms with Gasteiger partial charge < -0.3 is 10.2 Å². The fraction of sp³-hybridized carbons (Fsp3) is 0.355. The largest absolute Gasteiger partial charge is 0.354 e. The number of sulfonamides is 1. The van der Waals surface area contributed by atoms with Crippen LogP contribution in [0.5, 0.6) is 0 Å². The van der Waals surface area contributed by atoms with E-state index in [0.717, 1.165) is 40.1 Å². The van der Waals surface area contributed by atoms with Crippen LogP contribution in [0.25, 0.3) is 0 Å². The first-order valence-electron chi connectivity index (χ1n) is 13.4. The number of nitrogens with zero attached hydrogens (tertiary/aromatic N) is 2. The van der Waals surface area contributed by atoms with Gasteiger partial charge in [-0.25, -0.2) is 8.42 Å². The van der Waals surface area contributed by atoms with Gasteiger partial charge in [-0.05, 0) is 60.7 Å². The maximum atomic E-state index is 14.1. The Hall–Kier alpha value is -3.36. The molecule has 0 fully saturated rings. The minimum atomic E-state index is -3.84. The molecular weight excluding hydrogens is 546 g/mol. The monoisotopic (exact) mass is 583 g/mol. The molecule has 0 unspecified atom stereocenters. The van der Waals surface area contributed by atoms with Crippen LogP contribution < -0.4 is 9.62 Å². The number of anilines is 1. The Balaban J connectivity index is 2.06. The van der Waals surface area contributed by atoms with Gasteiger partial charge in [-0.2, -0.15) is 0 Å². The van der Waals surface area contributed by atoms with Crippen molar-refractivity contribution in [3.8, 4) is 0 Å². The third kappa shape index (κ3) is 8.57. The molecular formula is C31H38ClN3O4S. The quantitative estimate of drug-likeness (QED) is 0.277. The van der Waals surface area contributed by atoms with Gasteiger partial charge in [0.15, 0.2) is 0 Å². The van der Waals surface area contributed by atoms with E-state index < -0.39 is 28.5 Å². The summed E-state index contributed by atoms with van der Waals surface area (Å²) >= 11 is 6.12. The van der Waals surface area contributed by atoms with Gasteiger partial charge in [0.25, 0.3) is 0 Å². The number of amides is 2. The summed E-state index contributed by atoms with van der Waals surface area (Å²) < 4.78 is 27.0. The highest BCUT2D eigenvalue weighted by Crippen LogP contribution is 2.26. The molecule has 7 nitrogen and oxygen atoms in total. The van der Waals surface area contributed by atoms with Crippen molar-refractivity contribution in [2.75, 3.05) is 23.7 Å². The molecule has 2 amide bonds. The van der Waals surface area contributed by atoms with Crippen molar-refractivity contribution in [3.05, 3.63) is 100 Å². The van der Waals surface area contributed by atoms with Gasteiger partial charge in [-0.3, -0.25) is 13.9 Å². The van der Waals surface area contributed by atoms with E-state index in [4.69, 9.17) is 11.6 Å². The summed E-state index contributed by atoms with van der Waals surface area (Å²) in [6.45, 7) is 5.93. The van der Waals surface area contributed by atoms with Crippen LogP contribution in [0.15, 0.2) is 72.8 Å².